The predicted octanol–water partition coefficient (Wildman–Crippen LogP) is 2.16. The monoisotopic (exact) mass is 266 g/mol. The van der Waals surface area contributed by atoms with Gasteiger partial charge in [0.25, 0.3) is 0 Å². The Morgan fingerprint density at radius 1 is 1.50 bits per heavy atom. The molecule has 0 spiro atoms. The minimum absolute atomic E-state index is 0.0143. The molecular formula is C13H18N2O2S. The van der Waals surface area contributed by atoms with Crippen LogP contribution in [0.3, 0.4) is 0 Å². The summed E-state index contributed by atoms with van der Waals surface area (Å²) in [4.78, 5) is 14.8. The van der Waals surface area contributed by atoms with Crippen molar-refractivity contribution in [2.75, 3.05) is 26.2 Å². The lowest BCUT2D eigenvalue weighted by Crippen LogP contribution is -2.26. The van der Waals surface area contributed by atoms with Crippen LogP contribution >= 0.6 is 11.8 Å². The van der Waals surface area contributed by atoms with Crippen molar-refractivity contribution in [1.29, 1.82) is 0 Å². The van der Waals surface area contributed by atoms with Gasteiger partial charge in [0.15, 0.2) is 0 Å². The van der Waals surface area contributed by atoms with Gasteiger partial charge in [0.2, 0.25) is 5.91 Å². The van der Waals surface area contributed by atoms with Crippen LogP contribution in [0.2, 0.25) is 0 Å². The molecule has 1 N–H and O–H groups in total. The van der Waals surface area contributed by atoms with E-state index in [1.165, 1.54) is 5.56 Å². The highest BCUT2D eigenvalue weighted by molar-refractivity contribution is 8.00. The van der Waals surface area contributed by atoms with Gasteiger partial charge in [0.1, 0.15) is 0 Å². The van der Waals surface area contributed by atoms with Gasteiger partial charge < -0.3 is 10.1 Å². The number of carbonyl (C=O) groups is 1. The molecule has 18 heavy (non-hydrogen) atoms. The zero-order valence-electron chi connectivity index (χ0n) is 10.9. The Bertz CT molecular complexity index is 451. The Morgan fingerprint density at radius 3 is 3.00 bits per heavy atom. The van der Waals surface area contributed by atoms with Crippen LogP contribution < -0.4 is 5.32 Å². The van der Waals surface area contributed by atoms with Crippen LogP contribution in [-0.2, 0) is 16.1 Å². The zero-order chi connectivity index (χ0) is 13.1. The van der Waals surface area contributed by atoms with E-state index in [4.69, 9.17) is 4.74 Å². The van der Waals surface area contributed by atoms with Crippen molar-refractivity contribution < 1.29 is 9.53 Å². The molecule has 5 heteroatoms. The molecule has 1 aliphatic rings. The van der Waals surface area contributed by atoms with Gasteiger partial charge in [-0.25, -0.2) is 0 Å². The minimum atomic E-state index is -0.0143. The molecule has 1 aromatic carbocycles. The highest BCUT2D eigenvalue weighted by atomic mass is 32.2. The number of ether oxygens (including phenoxy) is 1. The second-order valence-corrected chi connectivity index (χ2v) is 5.89. The summed E-state index contributed by atoms with van der Waals surface area (Å²) in [6, 6.07) is 6.21. The summed E-state index contributed by atoms with van der Waals surface area (Å²) in [6.45, 7) is 3.32. The molecule has 1 aliphatic heterocycles. The first-order valence-corrected chi connectivity index (χ1v) is 6.76. The third-order valence-corrected chi connectivity index (χ3v) is 3.95. The van der Waals surface area contributed by atoms with Gasteiger partial charge in [-0.05, 0) is 31.7 Å². The van der Waals surface area contributed by atoms with E-state index in [1.807, 2.05) is 20.0 Å². The van der Waals surface area contributed by atoms with Gasteiger partial charge in [0.05, 0.1) is 17.7 Å². The van der Waals surface area contributed by atoms with Gasteiger partial charge >= 0.3 is 0 Å². The van der Waals surface area contributed by atoms with Gasteiger partial charge in [-0.2, -0.15) is 0 Å². The Morgan fingerprint density at radius 2 is 2.28 bits per heavy atom. The van der Waals surface area contributed by atoms with E-state index in [0.29, 0.717) is 6.73 Å². The number of methoxy groups -OCH3 is 1. The fraction of sp³-hybridized carbons (Fsp3) is 0.462. The normalized spacial score (nSPS) is 18.7. The molecule has 1 unspecified atom stereocenters. The molecule has 1 aromatic rings. The van der Waals surface area contributed by atoms with Crippen LogP contribution in [0.25, 0.3) is 0 Å². The quantitative estimate of drug-likeness (QED) is 0.848. The molecule has 0 fully saturated rings. The van der Waals surface area contributed by atoms with E-state index in [9.17, 15) is 4.79 Å². The summed E-state index contributed by atoms with van der Waals surface area (Å²) < 4.78 is 5.07. The Labute approximate surface area is 112 Å². The van der Waals surface area contributed by atoms with Crippen LogP contribution in [0, 0.1) is 0 Å². The third kappa shape index (κ3) is 3.04. The molecule has 0 saturated heterocycles. The molecule has 1 amide bonds. The summed E-state index contributed by atoms with van der Waals surface area (Å²) in [7, 11) is 3.68. The maximum atomic E-state index is 11.6. The average Bonchev–Trinajstić information content (AvgIpc) is 2.31. The van der Waals surface area contributed by atoms with E-state index in [2.05, 4.69) is 22.3 Å². The van der Waals surface area contributed by atoms with Crippen molar-refractivity contribution in [3.8, 4) is 0 Å². The lowest BCUT2D eigenvalue weighted by Gasteiger charge is -2.23. The van der Waals surface area contributed by atoms with E-state index < -0.39 is 0 Å². The number of fused-ring (bicyclic) bond motifs is 1. The first-order chi connectivity index (χ1) is 8.60. The molecule has 0 aromatic heterocycles. The van der Waals surface area contributed by atoms with Crippen LogP contribution in [0.5, 0.6) is 0 Å². The van der Waals surface area contributed by atoms with Crippen LogP contribution in [0.15, 0.2) is 23.1 Å². The van der Waals surface area contributed by atoms with E-state index in [-0.39, 0.29) is 11.2 Å². The van der Waals surface area contributed by atoms with E-state index in [1.54, 1.807) is 18.9 Å². The van der Waals surface area contributed by atoms with Gasteiger partial charge in [-0.1, -0.05) is 6.07 Å². The number of nitrogens with one attached hydrogen (secondary N) is 1. The molecule has 0 aliphatic carbocycles. The fourth-order valence-corrected chi connectivity index (χ4v) is 2.86. The highest BCUT2D eigenvalue weighted by Crippen LogP contribution is 2.35. The maximum Gasteiger partial charge on any atom is 0.237 e. The third-order valence-electron chi connectivity index (χ3n) is 2.78. The Kier molecular flexibility index (Phi) is 4.27. The molecular weight excluding hydrogens is 248 g/mol. The summed E-state index contributed by atoms with van der Waals surface area (Å²) in [5.41, 5.74) is 2.09. The van der Waals surface area contributed by atoms with Gasteiger partial charge in [0, 0.05) is 18.6 Å². The standard InChI is InChI=1S/C13H18N2O2S/c1-9-13(16)14-11-6-10(4-5-12(11)18-9)7-15(2)8-17-3/h4-6,9H,7-8H2,1-3H3,(H,14,16). The maximum absolute atomic E-state index is 11.6. The van der Waals surface area contributed by atoms with Crippen molar-refractivity contribution in [2.24, 2.45) is 0 Å². The van der Waals surface area contributed by atoms with Crippen molar-refractivity contribution >= 4 is 23.4 Å². The zero-order valence-corrected chi connectivity index (χ0v) is 11.7. The summed E-state index contributed by atoms with van der Waals surface area (Å²) in [5.74, 6) is 0.0786. The van der Waals surface area contributed by atoms with Gasteiger partial charge in [-0.3, -0.25) is 9.69 Å². The number of thioether (sulfide) groups is 1. The molecule has 4 nitrogen and oxygen atoms in total. The summed E-state index contributed by atoms with van der Waals surface area (Å²) >= 11 is 1.61. The van der Waals surface area contributed by atoms with Crippen molar-refractivity contribution in [1.82, 2.24) is 4.90 Å². The lowest BCUT2D eigenvalue weighted by molar-refractivity contribution is -0.115. The van der Waals surface area contributed by atoms with Crippen molar-refractivity contribution in [2.45, 2.75) is 23.6 Å². The fourth-order valence-electron chi connectivity index (χ4n) is 1.93. The van der Waals surface area contributed by atoms with Crippen molar-refractivity contribution in [3.05, 3.63) is 23.8 Å². The number of nitrogens with zero attached hydrogens (tertiary/aromatic N) is 1. The van der Waals surface area contributed by atoms with E-state index >= 15 is 0 Å². The van der Waals surface area contributed by atoms with Crippen molar-refractivity contribution in [3.63, 3.8) is 0 Å². The molecule has 0 saturated carbocycles. The molecule has 0 bridgehead atoms. The summed E-state index contributed by atoms with van der Waals surface area (Å²) in [6.07, 6.45) is 0. The Hall–Kier alpha value is -1.04. The highest BCUT2D eigenvalue weighted by Gasteiger charge is 2.22. The molecule has 1 atom stereocenters. The van der Waals surface area contributed by atoms with Crippen LogP contribution in [0.4, 0.5) is 5.69 Å². The van der Waals surface area contributed by atoms with Crippen LogP contribution in [0.1, 0.15) is 12.5 Å². The first kappa shape index (κ1) is 13.4. The number of benzene rings is 1. The lowest BCUT2D eigenvalue weighted by atomic mass is 10.2. The minimum Gasteiger partial charge on any atom is -0.369 e. The van der Waals surface area contributed by atoms with Crippen LogP contribution in [-0.4, -0.2) is 36.9 Å². The number of carbonyl (C=O) groups excluding carboxylic acids is 1. The molecule has 98 valence electrons. The number of hydrogen-bond donors (Lipinski definition) is 1. The van der Waals surface area contributed by atoms with Gasteiger partial charge in [-0.15, -0.1) is 11.8 Å². The number of rotatable bonds is 4. The molecule has 0 radical (unpaired) electrons. The second kappa shape index (κ2) is 5.73. The first-order valence-electron chi connectivity index (χ1n) is 5.88. The SMILES string of the molecule is COCN(C)Cc1ccc2c(c1)NC(=O)C(C)S2. The molecule has 1 heterocycles. The second-order valence-electron chi connectivity index (χ2n) is 4.51. The summed E-state index contributed by atoms with van der Waals surface area (Å²) in [5, 5.41) is 2.93. The average molecular weight is 266 g/mol. The smallest absolute Gasteiger partial charge is 0.237 e. The Balaban J connectivity index is 2.12. The number of hydrogen-bond acceptors (Lipinski definition) is 4. The van der Waals surface area contributed by atoms with E-state index in [0.717, 1.165) is 17.1 Å². The number of anilines is 1. The largest absolute Gasteiger partial charge is 0.369 e. The molecule has 2 rings (SSSR count). The predicted molar refractivity (Wildman–Crippen MR) is 73.7 cm³/mol. The number of amides is 1. The topological polar surface area (TPSA) is 41.6 Å².